The van der Waals surface area contributed by atoms with Crippen molar-refractivity contribution in [3.8, 4) is 0 Å². The van der Waals surface area contributed by atoms with E-state index in [4.69, 9.17) is 0 Å². The van der Waals surface area contributed by atoms with Gasteiger partial charge in [0.2, 0.25) is 5.91 Å². The molecule has 0 radical (unpaired) electrons. The van der Waals surface area contributed by atoms with E-state index in [0.29, 0.717) is 6.42 Å². The van der Waals surface area contributed by atoms with E-state index in [1.807, 2.05) is 42.2 Å². The van der Waals surface area contributed by atoms with Gasteiger partial charge in [-0.25, -0.2) is 0 Å². The molecule has 3 heterocycles. The highest BCUT2D eigenvalue weighted by atomic mass is 16.2. The molecule has 1 amide bonds. The predicted molar refractivity (Wildman–Crippen MR) is 98.3 cm³/mol. The van der Waals surface area contributed by atoms with E-state index in [0.717, 1.165) is 48.0 Å². The first kappa shape index (κ1) is 15.9. The van der Waals surface area contributed by atoms with Gasteiger partial charge in [0.1, 0.15) is 0 Å². The maximum Gasteiger partial charge on any atom is 0.227 e. The van der Waals surface area contributed by atoms with Crippen molar-refractivity contribution in [1.29, 1.82) is 0 Å². The molecule has 1 N–H and O–H groups in total. The second-order valence-electron chi connectivity index (χ2n) is 7.01. The molecule has 1 aromatic carbocycles. The van der Waals surface area contributed by atoms with E-state index in [1.165, 1.54) is 6.42 Å². The van der Waals surface area contributed by atoms with Crippen LogP contribution in [-0.4, -0.2) is 38.2 Å². The maximum absolute atomic E-state index is 13.0. The molecule has 0 unspecified atom stereocenters. The minimum absolute atomic E-state index is 0.221. The third-order valence-corrected chi connectivity index (χ3v) is 5.12. The summed E-state index contributed by atoms with van der Waals surface area (Å²) in [5, 5.41) is 5.54. The molecule has 2 aromatic heterocycles. The molecule has 25 heavy (non-hydrogen) atoms. The van der Waals surface area contributed by atoms with Crippen molar-refractivity contribution in [2.45, 2.75) is 45.2 Å². The fraction of sp³-hybridized carbons (Fsp3) is 0.400. The molecule has 0 saturated carbocycles. The van der Waals surface area contributed by atoms with Crippen molar-refractivity contribution in [3.05, 3.63) is 54.0 Å². The van der Waals surface area contributed by atoms with Crippen LogP contribution in [0, 0.1) is 6.92 Å². The largest absolute Gasteiger partial charge is 0.361 e. The standard InChI is InChI=1S/C20H24N4O/c1-15-11-22-23(13-15)14-17-6-4-5-9-24(17)20(25)10-16-12-21-19-8-3-2-7-18(16)19/h2-3,7-8,11-13,17,21H,4-6,9-10,14H2,1H3/t17-/m1/s1. The van der Waals surface area contributed by atoms with Gasteiger partial charge in [0, 0.05) is 29.8 Å². The number of hydrogen-bond acceptors (Lipinski definition) is 2. The molecule has 1 aliphatic rings. The third-order valence-electron chi connectivity index (χ3n) is 5.12. The SMILES string of the molecule is Cc1cnn(C[C@H]2CCCCN2C(=O)Cc2c[nH]c3ccccc23)c1. The fourth-order valence-electron chi connectivity index (χ4n) is 3.84. The van der Waals surface area contributed by atoms with Crippen LogP contribution in [0.15, 0.2) is 42.9 Å². The first-order chi connectivity index (χ1) is 12.2. The molecule has 4 rings (SSSR count). The van der Waals surface area contributed by atoms with E-state index in [1.54, 1.807) is 0 Å². The van der Waals surface area contributed by atoms with Crippen LogP contribution in [0.1, 0.15) is 30.4 Å². The van der Waals surface area contributed by atoms with Gasteiger partial charge in [0.25, 0.3) is 0 Å². The average molecular weight is 336 g/mol. The van der Waals surface area contributed by atoms with E-state index < -0.39 is 0 Å². The van der Waals surface area contributed by atoms with Crippen LogP contribution in [-0.2, 0) is 17.8 Å². The number of nitrogens with zero attached hydrogens (tertiary/aromatic N) is 3. The second kappa shape index (κ2) is 6.75. The summed E-state index contributed by atoms with van der Waals surface area (Å²) in [5.41, 5.74) is 3.33. The van der Waals surface area contributed by atoms with Crippen LogP contribution in [0.4, 0.5) is 0 Å². The van der Waals surface area contributed by atoms with Crippen molar-refractivity contribution >= 4 is 16.8 Å². The van der Waals surface area contributed by atoms with Crippen molar-refractivity contribution in [1.82, 2.24) is 19.7 Å². The van der Waals surface area contributed by atoms with Crippen LogP contribution >= 0.6 is 0 Å². The van der Waals surface area contributed by atoms with Crippen molar-refractivity contribution in [2.75, 3.05) is 6.54 Å². The molecule has 3 aromatic rings. The minimum Gasteiger partial charge on any atom is -0.361 e. The lowest BCUT2D eigenvalue weighted by molar-refractivity contribution is -0.134. The predicted octanol–water partition coefficient (Wildman–Crippen LogP) is 3.30. The lowest BCUT2D eigenvalue weighted by atomic mass is 10.0. The Morgan fingerprint density at radius 3 is 3.04 bits per heavy atom. The molecule has 1 saturated heterocycles. The van der Waals surface area contributed by atoms with E-state index in [9.17, 15) is 4.79 Å². The topological polar surface area (TPSA) is 53.9 Å². The maximum atomic E-state index is 13.0. The number of carbonyl (C=O) groups is 1. The molecule has 0 aliphatic carbocycles. The van der Waals surface area contributed by atoms with Gasteiger partial charge in [-0.05, 0) is 43.4 Å². The highest BCUT2D eigenvalue weighted by molar-refractivity contribution is 5.89. The monoisotopic (exact) mass is 336 g/mol. The Labute approximate surface area is 147 Å². The number of benzene rings is 1. The summed E-state index contributed by atoms with van der Waals surface area (Å²) in [6.45, 7) is 3.68. The lowest BCUT2D eigenvalue weighted by Gasteiger charge is -2.35. The molecule has 1 fully saturated rings. The summed E-state index contributed by atoms with van der Waals surface area (Å²) in [5.74, 6) is 0.221. The fourth-order valence-corrected chi connectivity index (χ4v) is 3.84. The number of para-hydroxylation sites is 1. The van der Waals surface area contributed by atoms with Gasteiger partial charge in [-0.15, -0.1) is 0 Å². The summed E-state index contributed by atoms with van der Waals surface area (Å²) in [6.07, 6.45) is 9.68. The normalized spacial score (nSPS) is 18.0. The molecule has 5 nitrogen and oxygen atoms in total. The zero-order chi connectivity index (χ0) is 17.2. The number of carbonyl (C=O) groups excluding carboxylic acids is 1. The number of aromatic nitrogens is 3. The molecule has 5 heteroatoms. The molecule has 0 spiro atoms. The third kappa shape index (κ3) is 3.31. The van der Waals surface area contributed by atoms with Crippen LogP contribution in [0.2, 0.25) is 0 Å². The Hall–Kier alpha value is -2.56. The molecule has 0 bridgehead atoms. The molecular formula is C20H24N4O. The average Bonchev–Trinajstić information content (AvgIpc) is 3.22. The number of rotatable bonds is 4. The summed E-state index contributed by atoms with van der Waals surface area (Å²) in [4.78, 5) is 18.3. The van der Waals surface area contributed by atoms with Crippen LogP contribution in [0.25, 0.3) is 10.9 Å². The van der Waals surface area contributed by atoms with Crippen molar-refractivity contribution < 1.29 is 4.79 Å². The minimum atomic E-state index is 0.221. The van der Waals surface area contributed by atoms with E-state index in [2.05, 4.69) is 27.2 Å². The zero-order valence-electron chi connectivity index (χ0n) is 14.6. The quantitative estimate of drug-likeness (QED) is 0.795. The van der Waals surface area contributed by atoms with Gasteiger partial charge in [-0.3, -0.25) is 9.48 Å². The first-order valence-corrected chi connectivity index (χ1v) is 9.04. The number of hydrogen-bond donors (Lipinski definition) is 1. The Balaban J connectivity index is 1.50. The van der Waals surface area contributed by atoms with Crippen LogP contribution in [0.5, 0.6) is 0 Å². The Kier molecular flexibility index (Phi) is 4.30. The molecule has 1 aliphatic heterocycles. The Morgan fingerprint density at radius 2 is 2.20 bits per heavy atom. The van der Waals surface area contributed by atoms with Crippen LogP contribution < -0.4 is 0 Å². The summed E-state index contributed by atoms with van der Waals surface area (Å²) in [7, 11) is 0. The molecular weight excluding hydrogens is 312 g/mol. The summed E-state index contributed by atoms with van der Waals surface area (Å²) in [6, 6.07) is 8.40. The summed E-state index contributed by atoms with van der Waals surface area (Å²) >= 11 is 0. The number of aryl methyl sites for hydroxylation is 1. The number of likely N-dealkylation sites (tertiary alicyclic amines) is 1. The van der Waals surface area contributed by atoms with Crippen LogP contribution in [0.3, 0.4) is 0 Å². The van der Waals surface area contributed by atoms with Crippen molar-refractivity contribution in [3.63, 3.8) is 0 Å². The highest BCUT2D eigenvalue weighted by Crippen LogP contribution is 2.23. The van der Waals surface area contributed by atoms with Gasteiger partial charge in [0.15, 0.2) is 0 Å². The van der Waals surface area contributed by atoms with Gasteiger partial charge in [-0.1, -0.05) is 18.2 Å². The zero-order valence-corrected chi connectivity index (χ0v) is 14.6. The number of nitrogens with one attached hydrogen (secondary N) is 1. The number of piperidine rings is 1. The number of amides is 1. The van der Waals surface area contributed by atoms with Gasteiger partial charge in [0.05, 0.1) is 25.2 Å². The van der Waals surface area contributed by atoms with Crippen molar-refractivity contribution in [2.24, 2.45) is 0 Å². The summed E-state index contributed by atoms with van der Waals surface area (Å²) < 4.78 is 1.97. The Bertz CT molecular complexity index is 879. The number of fused-ring (bicyclic) bond motifs is 1. The molecule has 1 atom stereocenters. The second-order valence-corrected chi connectivity index (χ2v) is 7.01. The molecule has 130 valence electrons. The first-order valence-electron chi connectivity index (χ1n) is 9.04. The highest BCUT2D eigenvalue weighted by Gasteiger charge is 2.27. The lowest BCUT2D eigenvalue weighted by Crippen LogP contribution is -2.46. The number of H-pyrrole nitrogens is 1. The number of aromatic amines is 1. The van der Waals surface area contributed by atoms with E-state index in [-0.39, 0.29) is 11.9 Å². The van der Waals surface area contributed by atoms with Gasteiger partial charge < -0.3 is 9.88 Å². The van der Waals surface area contributed by atoms with Gasteiger partial charge in [-0.2, -0.15) is 5.10 Å². The van der Waals surface area contributed by atoms with E-state index >= 15 is 0 Å². The van der Waals surface area contributed by atoms with Gasteiger partial charge >= 0.3 is 0 Å². The smallest absolute Gasteiger partial charge is 0.227 e. The Morgan fingerprint density at radius 1 is 1.32 bits per heavy atom.